The monoisotopic (exact) mass is 434 g/mol. The van der Waals surface area contributed by atoms with Crippen LogP contribution in [0.2, 0.25) is 0 Å². The van der Waals surface area contributed by atoms with Crippen molar-refractivity contribution in [2.24, 2.45) is 0 Å². The number of aromatic amines is 2. The Morgan fingerprint density at radius 3 is 1.19 bits per heavy atom. The van der Waals surface area contributed by atoms with E-state index in [2.05, 4.69) is 19.9 Å². The molecule has 2 rings (SSSR count). The number of hydrogen-bond acceptors (Lipinski definition) is 8. The molecule has 0 amide bonds. The first-order chi connectivity index (χ1) is 11.0. The average molecular weight is 435 g/mol. The number of imidazole rings is 2. The summed E-state index contributed by atoms with van der Waals surface area (Å²) in [5, 5.41) is 37.5. The van der Waals surface area contributed by atoms with Crippen molar-refractivity contribution in [2.45, 2.75) is 13.8 Å². The van der Waals surface area contributed by atoms with Crippen LogP contribution >= 0.6 is 0 Å². The molecular weight excluding hydrogens is 419 g/mol. The van der Waals surface area contributed by atoms with Crippen LogP contribution in [-0.2, 0) is 27.4 Å². The number of H-pyrrole nitrogens is 2. The van der Waals surface area contributed by atoms with E-state index in [1.54, 1.807) is 0 Å². The maximum Gasteiger partial charge on any atom is 2.00 e. The fourth-order valence-corrected chi connectivity index (χ4v) is 1.59. The number of nitrogens with one attached hydrogen (secondary N) is 2. The van der Waals surface area contributed by atoms with Gasteiger partial charge in [-0.25, -0.2) is 19.6 Å². The second-order valence-corrected chi connectivity index (χ2v) is 4.28. The van der Waals surface area contributed by atoms with E-state index in [0.29, 0.717) is 0 Å². The second kappa shape index (κ2) is 11.4. The van der Waals surface area contributed by atoms with Crippen LogP contribution in [0.1, 0.15) is 53.6 Å². The summed E-state index contributed by atoms with van der Waals surface area (Å²) in [5.74, 6) is -5.48. The smallest absolute Gasteiger partial charge is 0.543 e. The van der Waals surface area contributed by atoms with E-state index in [9.17, 15) is 29.4 Å². The number of aromatic carboxylic acids is 4. The van der Waals surface area contributed by atoms with Gasteiger partial charge in [-0.2, -0.15) is 0 Å². The molecule has 0 aliphatic rings. The SMILES string of the molecule is Cc1nc(C(=O)[O-])c(C(=O)O)[nH]1.Cc1nc(C(=O)[O-])c(C(=O)O)[nH]1.[Ni+2].[OH3+].[OH3+]. The third-order valence-corrected chi connectivity index (χ3v) is 2.46. The summed E-state index contributed by atoms with van der Waals surface area (Å²) in [4.78, 5) is 52.8. The largest absolute Gasteiger partial charge is 2.00 e. The molecule has 27 heavy (non-hydrogen) atoms. The molecule has 2 aromatic heterocycles. The van der Waals surface area contributed by atoms with E-state index in [-0.39, 0.29) is 39.1 Å². The quantitative estimate of drug-likeness (QED) is 0.265. The van der Waals surface area contributed by atoms with Crippen LogP contribution in [0, 0.1) is 13.8 Å². The van der Waals surface area contributed by atoms with Crippen molar-refractivity contribution in [3.8, 4) is 0 Å². The molecule has 0 radical (unpaired) electrons. The van der Waals surface area contributed by atoms with E-state index in [1.165, 1.54) is 13.8 Å². The third kappa shape index (κ3) is 7.23. The number of carbonyl (C=O) groups is 4. The standard InChI is InChI=1S/2C6H6N2O4.Ni.2H2O/c2*1-2-7-3(5(9)10)4(8-2)6(11)12;;;/h2*1H3,(H,7,8)(H,9,10)(H,11,12);;2*1H2/q;;+2;;. The van der Waals surface area contributed by atoms with Crippen molar-refractivity contribution < 1.29 is 67.0 Å². The molecule has 0 aliphatic heterocycles. The fourth-order valence-electron chi connectivity index (χ4n) is 1.59. The molecule has 0 saturated heterocycles. The Balaban J connectivity index is -0.000000384. The summed E-state index contributed by atoms with van der Waals surface area (Å²) in [5.41, 5.74) is -2.04. The minimum absolute atomic E-state index is 0. The minimum Gasteiger partial charge on any atom is -0.543 e. The summed E-state index contributed by atoms with van der Waals surface area (Å²) in [6.07, 6.45) is 0. The Kier molecular flexibility index (Phi) is 12.0. The predicted octanol–water partition coefficient (Wildman–Crippen LogP) is -4.29. The molecule has 2 aromatic rings. The molecule has 10 N–H and O–H groups in total. The van der Waals surface area contributed by atoms with Crippen molar-refractivity contribution in [3.63, 3.8) is 0 Å². The molecule has 15 heteroatoms. The second-order valence-electron chi connectivity index (χ2n) is 4.28. The van der Waals surface area contributed by atoms with Crippen LogP contribution in [0.15, 0.2) is 0 Å². The number of hydrogen-bond donors (Lipinski definition) is 4. The van der Waals surface area contributed by atoms with Crippen LogP contribution in [0.25, 0.3) is 0 Å². The number of nitrogens with zero attached hydrogens (tertiary/aromatic N) is 2. The molecule has 152 valence electrons. The van der Waals surface area contributed by atoms with Gasteiger partial charge >= 0.3 is 28.4 Å². The molecule has 0 atom stereocenters. The molecule has 0 spiro atoms. The van der Waals surface area contributed by atoms with Crippen LogP contribution in [0.5, 0.6) is 0 Å². The minimum atomic E-state index is -1.60. The number of aromatic nitrogens is 4. The van der Waals surface area contributed by atoms with Gasteiger partial charge in [-0.1, -0.05) is 0 Å². The van der Waals surface area contributed by atoms with E-state index >= 15 is 0 Å². The maximum absolute atomic E-state index is 10.4. The van der Waals surface area contributed by atoms with E-state index in [4.69, 9.17) is 10.2 Å². The van der Waals surface area contributed by atoms with Crippen molar-refractivity contribution in [3.05, 3.63) is 34.4 Å². The Bertz CT molecular complexity index is 697. The Morgan fingerprint density at radius 1 is 0.778 bits per heavy atom. The molecule has 2 heterocycles. The van der Waals surface area contributed by atoms with Crippen molar-refractivity contribution in [1.29, 1.82) is 0 Å². The fraction of sp³-hybridized carbons (Fsp3) is 0.167. The van der Waals surface area contributed by atoms with Crippen LogP contribution in [-0.4, -0.2) is 54.0 Å². The normalized spacial score (nSPS) is 8.67. The van der Waals surface area contributed by atoms with Gasteiger partial charge in [-0.3, -0.25) is 0 Å². The topological polar surface area (TPSA) is 278 Å². The predicted molar refractivity (Wildman–Crippen MR) is 79.0 cm³/mol. The van der Waals surface area contributed by atoms with Crippen molar-refractivity contribution >= 4 is 23.9 Å². The number of carbonyl (C=O) groups excluding carboxylic acids is 2. The summed E-state index contributed by atoms with van der Waals surface area (Å²) in [6.45, 7) is 2.91. The van der Waals surface area contributed by atoms with Crippen LogP contribution in [0.3, 0.4) is 0 Å². The molecule has 0 saturated carbocycles. The zero-order valence-corrected chi connectivity index (χ0v) is 14.7. The molecule has 14 nitrogen and oxygen atoms in total. The summed E-state index contributed by atoms with van der Waals surface area (Å²) >= 11 is 0. The average Bonchev–Trinajstić information content (AvgIpc) is 3.03. The summed E-state index contributed by atoms with van der Waals surface area (Å²) in [6, 6.07) is 0. The number of carboxylic acid groups (broad SMARTS) is 4. The van der Waals surface area contributed by atoms with Gasteiger partial charge in [-0.05, 0) is 13.8 Å². The van der Waals surface area contributed by atoms with Crippen LogP contribution in [0.4, 0.5) is 0 Å². The van der Waals surface area contributed by atoms with E-state index < -0.39 is 46.7 Å². The third-order valence-electron chi connectivity index (χ3n) is 2.46. The molecule has 0 bridgehead atoms. The number of carboxylic acids is 4. The Labute approximate surface area is 159 Å². The van der Waals surface area contributed by atoms with Gasteiger partial charge in [-0.15, -0.1) is 0 Å². The van der Waals surface area contributed by atoms with Gasteiger partial charge in [0.15, 0.2) is 11.4 Å². The maximum atomic E-state index is 10.4. The van der Waals surface area contributed by atoms with Gasteiger partial charge < -0.3 is 50.9 Å². The first-order valence-electron chi connectivity index (χ1n) is 6.07. The Hall–Kier alpha value is -3.29. The van der Waals surface area contributed by atoms with Gasteiger partial charge in [0.2, 0.25) is 0 Å². The molecule has 0 aromatic carbocycles. The summed E-state index contributed by atoms with van der Waals surface area (Å²) in [7, 11) is 0. The van der Waals surface area contributed by atoms with E-state index in [0.717, 1.165) is 0 Å². The van der Waals surface area contributed by atoms with Crippen molar-refractivity contribution in [2.75, 3.05) is 0 Å². The zero-order chi connectivity index (χ0) is 18.6. The first-order valence-corrected chi connectivity index (χ1v) is 6.07. The molecule has 0 unspecified atom stereocenters. The van der Waals surface area contributed by atoms with Crippen molar-refractivity contribution in [1.82, 2.24) is 19.9 Å². The van der Waals surface area contributed by atoms with Crippen LogP contribution < -0.4 is 10.2 Å². The number of aryl methyl sites for hydroxylation is 2. The summed E-state index contributed by atoms with van der Waals surface area (Å²) < 4.78 is 0. The van der Waals surface area contributed by atoms with Gasteiger partial charge in [0, 0.05) is 0 Å². The zero-order valence-electron chi connectivity index (χ0n) is 13.7. The molecule has 0 fully saturated rings. The van der Waals surface area contributed by atoms with Gasteiger partial charge in [0.1, 0.15) is 23.0 Å². The molecular formula is C12H16N4NiO10+2. The number of rotatable bonds is 4. The molecule has 0 aliphatic carbocycles. The van der Waals surface area contributed by atoms with Gasteiger partial charge in [0.05, 0.1) is 11.9 Å². The first kappa shape index (κ1) is 28.5. The van der Waals surface area contributed by atoms with E-state index in [1.807, 2.05) is 0 Å². The van der Waals surface area contributed by atoms with Gasteiger partial charge in [0.25, 0.3) is 0 Å². The Morgan fingerprint density at radius 2 is 1.04 bits per heavy atom.